The number of esters is 4. The zero-order valence-corrected chi connectivity index (χ0v) is 21.3. The van der Waals surface area contributed by atoms with Crippen LogP contribution in [0.1, 0.15) is 13.8 Å². The van der Waals surface area contributed by atoms with E-state index in [0.717, 1.165) is 12.2 Å². The molecule has 0 atom stereocenters. The molecule has 9 heteroatoms. The maximum absolute atomic E-state index is 12.1. The minimum absolute atomic E-state index is 0.0740. The highest BCUT2D eigenvalue weighted by Gasteiger charge is 2.17. The van der Waals surface area contributed by atoms with E-state index in [-0.39, 0.29) is 34.1 Å². The van der Waals surface area contributed by atoms with E-state index >= 15 is 0 Å². The van der Waals surface area contributed by atoms with Crippen molar-refractivity contribution in [3.63, 3.8) is 0 Å². The first kappa shape index (κ1) is 28.1. The molecule has 0 spiro atoms. The third kappa shape index (κ3) is 7.53. The van der Waals surface area contributed by atoms with Gasteiger partial charge in [-0.3, -0.25) is 0 Å². The van der Waals surface area contributed by atoms with Gasteiger partial charge in [0.15, 0.2) is 0 Å². The Morgan fingerprint density at radius 1 is 0.615 bits per heavy atom. The Kier molecular flexibility index (Phi) is 8.80. The van der Waals surface area contributed by atoms with Crippen molar-refractivity contribution in [1.29, 1.82) is 0 Å². The standard InChI is InChI=1S/C30H24O9/c1-7-27(31)35-21-11-19(12-22(15-21)36-28(32)8-2)25-9-10-26(39-25)20-13-23(37-29(33)17(3)4)16-24(14-20)38-30(34)18(5)6/h7-16H,1-3,5H2,4,6H3. The van der Waals surface area contributed by atoms with Crippen LogP contribution in [0.15, 0.2) is 103 Å². The number of ether oxygens (including phenoxy) is 4. The minimum Gasteiger partial charge on any atom is -0.456 e. The number of furan rings is 1. The number of rotatable bonds is 10. The van der Waals surface area contributed by atoms with Gasteiger partial charge in [0.05, 0.1) is 0 Å². The maximum Gasteiger partial charge on any atom is 0.338 e. The summed E-state index contributed by atoms with van der Waals surface area (Å²) in [6.45, 7) is 16.8. The van der Waals surface area contributed by atoms with Gasteiger partial charge in [0.2, 0.25) is 0 Å². The van der Waals surface area contributed by atoms with Gasteiger partial charge in [-0.25, -0.2) is 19.2 Å². The summed E-state index contributed by atoms with van der Waals surface area (Å²) in [7, 11) is 0. The molecule has 0 radical (unpaired) electrons. The van der Waals surface area contributed by atoms with Crippen molar-refractivity contribution < 1.29 is 42.5 Å². The highest BCUT2D eigenvalue weighted by molar-refractivity contribution is 5.90. The molecule has 0 saturated carbocycles. The average molecular weight is 529 g/mol. The third-order valence-electron chi connectivity index (χ3n) is 4.82. The van der Waals surface area contributed by atoms with Gasteiger partial charge in [0.25, 0.3) is 0 Å². The molecule has 0 fully saturated rings. The monoisotopic (exact) mass is 528 g/mol. The van der Waals surface area contributed by atoms with Crippen LogP contribution in [0.4, 0.5) is 0 Å². The zero-order chi connectivity index (χ0) is 28.7. The van der Waals surface area contributed by atoms with Crippen LogP contribution in [0.25, 0.3) is 22.6 Å². The molecule has 0 aliphatic carbocycles. The molecule has 3 aromatic rings. The van der Waals surface area contributed by atoms with Gasteiger partial charge in [-0.2, -0.15) is 0 Å². The summed E-state index contributed by atoms with van der Waals surface area (Å²) in [6.07, 6.45) is 1.97. The van der Waals surface area contributed by atoms with Crippen molar-refractivity contribution in [3.05, 3.63) is 98.1 Å². The van der Waals surface area contributed by atoms with E-state index in [1.165, 1.54) is 50.2 Å². The highest BCUT2D eigenvalue weighted by Crippen LogP contribution is 2.36. The molecule has 0 aliphatic heterocycles. The SMILES string of the molecule is C=CC(=O)Oc1cc(OC(=O)C=C)cc(-c2ccc(-c3cc(OC(=O)C(=C)C)cc(OC(=O)C(=C)C)c3)o2)c1. The van der Waals surface area contributed by atoms with Gasteiger partial charge in [0.1, 0.15) is 34.5 Å². The quantitative estimate of drug-likeness (QED) is 0.184. The smallest absolute Gasteiger partial charge is 0.338 e. The van der Waals surface area contributed by atoms with E-state index in [0.29, 0.717) is 22.6 Å². The van der Waals surface area contributed by atoms with Crippen molar-refractivity contribution in [2.24, 2.45) is 0 Å². The lowest BCUT2D eigenvalue weighted by atomic mass is 10.1. The Balaban J connectivity index is 2.05. The fourth-order valence-electron chi connectivity index (χ4n) is 3.02. The number of carbonyl (C=O) groups excluding carboxylic acids is 4. The number of carbonyl (C=O) groups is 4. The van der Waals surface area contributed by atoms with Crippen LogP contribution in [0.5, 0.6) is 23.0 Å². The second-order valence-corrected chi connectivity index (χ2v) is 8.14. The summed E-state index contributed by atoms with van der Waals surface area (Å²) in [5, 5.41) is 0. The first-order valence-corrected chi connectivity index (χ1v) is 11.3. The highest BCUT2D eigenvalue weighted by atomic mass is 16.6. The maximum atomic E-state index is 12.1. The Morgan fingerprint density at radius 3 is 1.26 bits per heavy atom. The lowest BCUT2D eigenvalue weighted by Gasteiger charge is -2.10. The van der Waals surface area contributed by atoms with Crippen molar-refractivity contribution >= 4 is 23.9 Å². The van der Waals surface area contributed by atoms with E-state index in [1.54, 1.807) is 12.1 Å². The second kappa shape index (κ2) is 12.2. The lowest BCUT2D eigenvalue weighted by molar-refractivity contribution is -0.130. The van der Waals surface area contributed by atoms with E-state index in [9.17, 15) is 19.2 Å². The fraction of sp³-hybridized carbons (Fsp3) is 0.0667. The van der Waals surface area contributed by atoms with Crippen LogP contribution in [0.3, 0.4) is 0 Å². The van der Waals surface area contributed by atoms with Crippen molar-refractivity contribution in [2.45, 2.75) is 13.8 Å². The van der Waals surface area contributed by atoms with Crippen LogP contribution >= 0.6 is 0 Å². The Labute approximate surface area is 224 Å². The summed E-state index contributed by atoms with van der Waals surface area (Å²) < 4.78 is 27.0. The van der Waals surface area contributed by atoms with E-state index in [2.05, 4.69) is 26.3 Å². The topological polar surface area (TPSA) is 118 Å². The van der Waals surface area contributed by atoms with Crippen LogP contribution in [-0.4, -0.2) is 23.9 Å². The molecule has 0 aliphatic rings. The Hall–Kier alpha value is -5.44. The number of hydrogen-bond donors (Lipinski definition) is 0. The second-order valence-electron chi connectivity index (χ2n) is 8.14. The van der Waals surface area contributed by atoms with Gasteiger partial charge in [-0.05, 0) is 50.2 Å². The molecule has 1 heterocycles. The van der Waals surface area contributed by atoms with E-state index in [1.807, 2.05) is 0 Å². The molecule has 0 unspecified atom stereocenters. The minimum atomic E-state index is -0.716. The predicted molar refractivity (Wildman–Crippen MR) is 142 cm³/mol. The van der Waals surface area contributed by atoms with Gasteiger partial charge >= 0.3 is 23.9 Å². The lowest BCUT2D eigenvalue weighted by Crippen LogP contribution is -2.10. The van der Waals surface area contributed by atoms with Crippen LogP contribution in [-0.2, 0) is 19.2 Å². The summed E-state index contributed by atoms with van der Waals surface area (Å²) in [6, 6.07) is 12.0. The Bertz CT molecular complexity index is 1430. The molecule has 9 nitrogen and oxygen atoms in total. The average Bonchev–Trinajstić information content (AvgIpc) is 3.38. The molecule has 2 aromatic carbocycles. The first-order valence-electron chi connectivity index (χ1n) is 11.3. The van der Waals surface area contributed by atoms with Gasteiger partial charge in [-0.1, -0.05) is 26.3 Å². The summed E-state index contributed by atoms with van der Waals surface area (Å²) in [4.78, 5) is 47.7. The summed E-state index contributed by atoms with van der Waals surface area (Å²) >= 11 is 0. The molecular weight excluding hydrogens is 504 g/mol. The molecule has 0 saturated heterocycles. The third-order valence-corrected chi connectivity index (χ3v) is 4.82. The van der Waals surface area contributed by atoms with E-state index < -0.39 is 23.9 Å². The predicted octanol–water partition coefficient (Wildman–Crippen LogP) is 5.76. The normalized spacial score (nSPS) is 10.1. The molecular formula is C30H24O9. The molecule has 39 heavy (non-hydrogen) atoms. The molecule has 0 amide bonds. The zero-order valence-electron chi connectivity index (χ0n) is 21.3. The van der Waals surface area contributed by atoms with Crippen molar-refractivity contribution in [1.82, 2.24) is 0 Å². The largest absolute Gasteiger partial charge is 0.456 e. The van der Waals surface area contributed by atoms with Crippen molar-refractivity contribution in [3.8, 4) is 45.6 Å². The van der Waals surface area contributed by atoms with Gasteiger partial charge < -0.3 is 23.4 Å². The number of benzene rings is 2. The molecule has 198 valence electrons. The molecule has 0 N–H and O–H groups in total. The van der Waals surface area contributed by atoms with Gasteiger partial charge in [-0.15, -0.1) is 0 Å². The van der Waals surface area contributed by atoms with E-state index in [4.69, 9.17) is 23.4 Å². The summed E-state index contributed by atoms with van der Waals surface area (Å²) in [5.74, 6) is -1.84. The molecule has 0 bridgehead atoms. The summed E-state index contributed by atoms with van der Waals surface area (Å²) in [5.41, 5.74) is 1.16. The number of hydrogen-bond acceptors (Lipinski definition) is 9. The van der Waals surface area contributed by atoms with Crippen LogP contribution < -0.4 is 18.9 Å². The molecule has 1 aromatic heterocycles. The molecule has 3 rings (SSSR count). The Morgan fingerprint density at radius 2 is 0.949 bits per heavy atom. The van der Waals surface area contributed by atoms with Gasteiger partial charge in [0, 0.05) is 46.6 Å². The van der Waals surface area contributed by atoms with Crippen molar-refractivity contribution in [2.75, 3.05) is 0 Å². The van der Waals surface area contributed by atoms with Crippen LogP contribution in [0, 0.1) is 0 Å². The first-order chi connectivity index (χ1) is 18.5. The van der Waals surface area contributed by atoms with Crippen LogP contribution in [0.2, 0.25) is 0 Å². The fourth-order valence-corrected chi connectivity index (χ4v) is 3.02.